The molecule has 3 rings (SSSR count). The molecule has 0 aromatic rings. The highest BCUT2D eigenvalue weighted by molar-refractivity contribution is 6.13. The van der Waals surface area contributed by atoms with E-state index in [0.29, 0.717) is 10.1 Å². The molecule has 16 heteroatoms. The second-order valence-electron chi connectivity index (χ2n) is 9.47. The zero-order valence-corrected chi connectivity index (χ0v) is 22.8. The third-order valence-electron chi connectivity index (χ3n) is 6.46. The first-order valence-electron chi connectivity index (χ1n) is 13.4. The number of ketones is 1. The number of imide groups is 3. The highest BCUT2D eigenvalue weighted by atomic mass is 16.7. The average molecular weight is 594 g/mol. The monoisotopic (exact) mass is 593 g/mol. The lowest BCUT2D eigenvalue weighted by atomic mass is 9.95. The Kier molecular flexibility index (Phi) is 12.0. The van der Waals surface area contributed by atoms with Gasteiger partial charge in [0.15, 0.2) is 0 Å². The minimum Gasteiger partial charge on any atom is -0.381 e. The smallest absolute Gasteiger partial charge is 0.335 e. The fraction of sp³-hybridized carbons (Fsp3) is 0.577. The van der Waals surface area contributed by atoms with E-state index < -0.39 is 53.3 Å². The third-order valence-corrected chi connectivity index (χ3v) is 6.46. The molecule has 3 aliphatic rings. The number of hydroxylamine groups is 4. The second-order valence-corrected chi connectivity index (χ2v) is 9.47. The first-order chi connectivity index (χ1) is 20.1. The third kappa shape index (κ3) is 9.37. The number of carbonyl (C=O) groups excluding carboxylic acids is 9. The van der Waals surface area contributed by atoms with E-state index >= 15 is 0 Å². The van der Waals surface area contributed by atoms with Crippen LogP contribution in [0, 0.1) is 5.92 Å². The van der Waals surface area contributed by atoms with E-state index in [9.17, 15) is 43.2 Å². The fourth-order valence-electron chi connectivity index (χ4n) is 4.12. The molecule has 0 radical (unpaired) electrons. The number of hydrogen-bond acceptors (Lipinski definition) is 13. The predicted octanol–water partition coefficient (Wildman–Crippen LogP) is -0.705. The Morgan fingerprint density at radius 3 is 1.43 bits per heavy atom. The van der Waals surface area contributed by atoms with Gasteiger partial charge in [-0.2, -0.15) is 0 Å². The van der Waals surface area contributed by atoms with Gasteiger partial charge < -0.3 is 19.1 Å². The molecule has 0 bridgehead atoms. The Balaban J connectivity index is 1.39. The van der Waals surface area contributed by atoms with E-state index in [2.05, 4.69) is 0 Å². The van der Waals surface area contributed by atoms with Crippen LogP contribution in [0.3, 0.4) is 0 Å². The van der Waals surface area contributed by atoms with E-state index in [1.807, 2.05) is 0 Å². The lowest BCUT2D eigenvalue weighted by Crippen LogP contribution is -2.33. The molecule has 2 saturated heterocycles. The predicted molar refractivity (Wildman–Crippen MR) is 133 cm³/mol. The molecule has 0 spiro atoms. The van der Waals surface area contributed by atoms with Crippen molar-refractivity contribution in [2.75, 3.05) is 33.0 Å². The summed E-state index contributed by atoms with van der Waals surface area (Å²) in [5, 5.41) is 0.876. The van der Waals surface area contributed by atoms with Crippen molar-refractivity contribution in [3.63, 3.8) is 0 Å². The summed E-state index contributed by atoms with van der Waals surface area (Å²) in [5.74, 6) is -5.93. The molecule has 6 amide bonds. The first kappa shape index (κ1) is 32.2. The molecule has 0 aromatic heterocycles. The Morgan fingerprint density at radius 2 is 1.02 bits per heavy atom. The number of carbonyl (C=O) groups is 9. The Labute approximate surface area is 239 Å². The van der Waals surface area contributed by atoms with Crippen LogP contribution in [0.1, 0.15) is 57.8 Å². The minimum atomic E-state index is -0.829. The van der Waals surface area contributed by atoms with Crippen LogP contribution in [0.4, 0.5) is 0 Å². The van der Waals surface area contributed by atoms with Crippen LogP contribution in [0.25, 0.3) is 0 Å². The molecular formula is C26H31N3O13. The van der Waals surface area contributed by atoms with Gasteiger partial charge in [-0.3, -0.25) is 38.5 Å². The lowest BCUT2D eigenvalue weighted by molar-refractivity contribution is -0.198. The van der Waals surface area contributed by atoms with Crippen LogP contribution in [0.2, 0.25) is 0 Å². The lowest BCUT2D eigenvalue weighted by Gasteiger charge is -2.18. The van der Waals surface area contributed by atoms with Crippen molar-refractivity contribution >= 4 is 53.2 Å². The van der Waals surface area contributed by atoms with Crippen molar-refractivity contribution in [3.8, 4) is 0 Å². The topological polar surface area (TPSA) is 200 Å². The molecule has 0 aromatic carbocycles. The molecule has 0 unspecified atom stereocenters. The first-order valence-corrected chi connectivity index (χ1v) is 13.4. The van der Waals surface area contributed by atoms with Gasteiger partial charge in [0.05, 0.1) is 26.1 Å². The van der Waals surface area contributed by atoms with E-state index in [4.69, 9.17) is 19.1 Å². The van der Waals surface area contributed by atoms with Crippen LogP contribution < -0.4 is 0 Å². The molecule has 228 valence electrons. The zero-order valence-electron chi connectivity index (χ0n) is 22.8. The molecule has 0 atom stereocenters. The highest BCUT2D eigenvalue weighted by Crippen LogP contribution is 2.17. The van der Waals surface area contributed by atoms with Gasteiger partial charge in [0.2, 0.25) is 0 Å². The standard InChI is InChI=1S/C26H31N3O13/c30-18(7-12-27-19(31)1-2-20(27)32)17(8-13-39-15-10-25(37)41-28-21(33)3-4-22(28)34)9-14-40-16-11-26(38)42-29-23(35)5-6-24(29)36/h1-2,17H,3-16H2. The number of amides is 6. The fourth-order valence-corrected chi connectivity index (χ4v) is 4.12. The number of hydrogen-bond donors (Lipinski definition) is 0. The molecular weight excluding hydrogens is 562 g/mol. The van der Waals surface area contributed by atoms with Crippen LogP contribution in [-0.2, 0) is 62.3 Å². The molecule has 0 aliphatic carbocycles. The van der Waals surface area contributed by atoms with Crippen LogP contribution >= 0.6 is 0 Å². The van der Waals surface area contributed by atoms with Crippen LogP contribution in [0.15, 0.2) is 12.2 Å². The van der Waals surface area contributed by atoms with Gasteiger partial charge >= 0.3 is 11.9 Å². The maximum Gasteiger partial charge on any atom is 0.335 e. The van der Waals surface area contributed by atoms with E-state index in [-0.39, 0.29) is 96.5 Å². The molecule has 42 heavy (non-hydrogen) atoms. The Bertz CT molecular complexity index is 1050. The normalized spacial score (nSPS) is 16.9. The maximum absolute atomic E-state index is 12.9. The summed E-state index contributed by atoms with van der Waals surface area (Å²) in [4.78, 5) is 117. The summed E-state index contributed by atoms with van der Waals surface area (Å²) in [7, 11) is 0. The number of Topliss-reactive ketones (excluding diaryl/α,β-unsaturated/α-hetero) is 1. The molecule has 0 saturated carbocycles. The molecule has 3 heterocycles. The van der Waals surface area contributed by atoms with Crippen LogP contribution in [0.5, 0.6) is 0 Å². The van der Waals surface area contributed by atoms with Gasteiger partial charge in [0.1, 0.15) is 5.78 Å². The minimum absolute atomic E-state index is 0.0248. The number of rotatable bonds is 18. The van der Waals surface area contributed by atoms with Crippen molar-refractivity contribution in [2.45, 2.75) is 57.8 Å². The van der Waals surface area contributed by atoms with Crippen molar-refractivity contribution in [2.24, 2.45) is 5.92 Å². The molecule has 0 N–H and O–H groups in total. The summed E-state index contributed by atoms with van der Waals surface area (Å²) >= 11 is 0. The van der Waals surface area contributed by atoms with Gasteiger partial charge in [0.25, 0.3) is 35.4 Å². The Hall–Kier alpha value is -4.31. The van der Waals surface area contributed by atoms with Crippen molar-refractivity contribution in [3.05, 3.63) is 12.2 Å². The largest absolute Gasteiger partial charge is 0.381 e. The SMILES string of the molecule is O=C(CCOCCC(CCOCCC(=O)ON1C(=O)CCC1=O)C(=O)CCN1C(=O)C=CC1=O)ON1C(=O)CCC1=O. The van der Waals surface area contributed by atoms with Gasteiger partial charge in [-0.05, 0) is 12.8 Å². The van der Waals surface area contributed by atoms with E-state index in [0.717, 1.165) is 17.1 Å². The Morgan fingerprint density at radius 1 is 0.619 bits per heavy atom. The maximum atomic E-state index is 12.9. The number of nitrogens with zero attached hydrogens (tertiary/aromatic N) is 3. The van der Waals surface area contributed by atoms with Crippen molar-refractivity contribution < 1.29 is 62.3 Å². The average Bonchev–Trinajstić information content (AvgIpc) is 3.57. The number of ether oxygens (including phenoxy) is 2. The summed E-state index contributed by atoms with van der Waals surface area (Å²) in [5.41, 5.74) is 0. The van der Waals surface area contributed by atoms with Crippen molar-refractivity contribution in [1.29, 1.82) is 0 Å². The van der Waals surface area contributed by atoms with Gasteiger partial charge in [-0.1, -0.05) is 0 Å². The summed E-state index contributed by atoms with van der Waals surface area (Å²) in [6.45, 7) is -0.184. The van der Waals surface area contributed by atoms with Gasteiger partial charge in [-0.25, -0.2) is 9.59 Å². The summed E-state index contributed by atoms with van der Waals surface area (Å²) in [6, 6.07) is 0. The van der Waals surface area contributed by atoms with Gasteiger partial charge in [-0.15, -0.1) is 10.1 Å². The molecule has 3 aliphatic heterocycles. The summed E-state index contributed by atoms with van der Waals surface area (Å²) < 4.78 is 10.8. The molecule has 2 fully saturated rings. The second kappa shape index (κ2) is 15.6. The van der Waals surface area contributed by atoms with E-state index in [1.54, 1.807) is 0 Å². The van der Waals surface area contributed by atoms with Crippen LogP contribution in [-0.4, -0.2) is 101 Å². The quantitative estimate of drug-likeness (QED) is 0.143. The summed E-state index contributed by atoms with van der Waals surface area (Å²) in [6.07, 6.45) is 1.98. The highest BCUT2D eigenvalue weighted by Gasteiger charge is 2.34. The molecule has 16 nitrogen and oxygen atoms in total. The van der Waals surface area contributed by atoms with Gasteiger partial charge in [0, 0.05) is 69.9 Å². The van der Waals surface area contributed by atoms with E-state index in [1.165, 1.54) is 0 Å². The zero-order chi connectivity index (χ0) is 30.6. The van der Waals surface area contributed by atoms with Crippen molar-refractivity contribution in [1.82, 2.24) is 15.0 Å².